The molecule has 0 aliphatic rings. The van der Waals surface area contributed by atoms with Gasteiger partial charge in [0.15, 0.2) is 0 Å². The molecule has 0 unspecified atom stereocenters. The molecule has 25 heavy (non-hydrogen) atoms. The number of rotatable bonds is 5. The predicted octanol–water partition coefficient (Wildman–Crippen LogP) is 4.70. The van der Waals surface area contributed by atoms with E-state index in [-0.39, 0.29) is 11.0 Å². The van der Waals surface area contributed by atoms with Crippen molar-refractivity contribution in [3.8, 4) is 5.75 Å². The van der Waals surface area contributed by atoms with E-state index in [0.717, 1.165) is 5.56 Å². The third kappa shape index (κ3) is 4.47. The number of hydrogen-bond acceptors (Lipinski definition) is 5. The van der Waals surface area contributed by atoms with Gasteiger partial charge in [0.05, 0.1) is 16.3 Å². The Hall–Kier alpha value is -2.63. The molecular formula is C18H14Cl2N4O. The summed E-state index contributed by atoms with van der Waals surface area (Å²) < 4.78 is 5.73. The topological polar surface area (TPSA) is 73.4 Å². The minimum Gasteiger partial charge on any atom is -0.487 e. The molecule has 2 aromatic carbocycles. The van der Waals surface area contributed by atoms with Crippen LogP contribution in [0.4, 0.5) is 11.5 Å². The van der Waals surface area contributed by atoms with E-state index in [1.165, 1.54) is 12.5 Å². The Morgan fingerprint density at radius 1 is 1.08 bits per heavy atom. The Kier molecular flexibility index (Phi) is 5.48. The summed E-state index contributed by atoms with van der Waals surface area (Å²) in [6.07, 6.45) is 2.80. The molecule has 0 radical (unpaired) electrons. The summed E-state index contributed by atoms with van der Waals surface area (Å²) >= 11 is 12.2. The van der Waals surface area contributed by atoms with Crippen LogP contribution < -0.4 is 10.5 Å². The summed E-state index contributed by atoms with van der Waals surface area (Å²) in [5.41, 5.74) is 7.92. The van der Waals surface area contributed by atoms with E-state index in [4.69, 9.17) is 33.7 Å². The number of nitrogens with zero attached hydrogens (tertiary/aromatic N) is 3. The summed E-state index contributed by atoms with van der Waals surface area (Å²) in [5, 5.41) is 0.708. The number of nitrogens with two attached hydrogens (primary N) is 1. The lowest BCUT2D eigenvalue weighted by atomic mass is 10.2. The van der Waals surface area contributed by atoms with Crippen LogP contribution in [0.5, 0.6) is 5.75 Å². The molecule has 1 heterocycles. The molecule has 2 N–H and O–H groups in total. The van der Waals surface area contributed by atoms with Gasteiger partial charge in [-0.05, 0) is 23.8 Å². The van der Waals surface area contributed by atoms with Gasteiger partial charge in [0.25, 0.3) is 0 Å². The predicted molar refractivity (Wildman–Crippen MR) is 101 cm³/mol. The van der Waals surface area contributed by atoms with Crippen LogP contribution in [-0.4, -0.2) is 16.2 Å². The van der Waals surface area contributed by atoms with Crippen molar-refractivity contribution in [2.45, 2.75) is 6.61 Å². The number of nitrogen functional groups attached to an aromatic ring is 1. The van der Waals surface area contributed by atoms with Crippen LogP contribution in [0.15, 0.2) is 59.9 Å². The highest BCUT2D eigenvalue weighted by Gasteiger charge is 2.06. The second-order valence-electron chi connectivity index (χ2n) is 5.11. The maximum absolute atomic E-state index is 6.27. The smallest absolute Gasteiger partial charge is 0.143 e. The van der Waals surface area contributed by atoms with Crippen molar-refractivity contribution in [2.24, 2.45) is 4.99 Å². The van der Waals surface area contributed by atoms with Gasteiger partial charge in [-0.2, -0.15) is 0 Å². The first-order valence-corrected chi connectivity index (χ1v) is 8.15. The van der Waals surface area contributed by atoms with Crippen molar-refractivity contribution in [1.29, 1.82) is 0 Å². The molecule has 1 aromatic heterocycles. The van der Waals surface area contributed by atoms with Crippen molar-refractivity contribution >= 4 is 40.9 Å². The Balaban J connectivity index is 1.72. The van der Waals surface area contributed by atoms with Crippen molar-refractivity contribution in [1.82, 2.24) is 9.97 Å². The zero-order chi connectivity index (χ0) is 17.6. The highest BCUT2D eigenvalue weighted by molar-refractivity contribution is 6.32. The van der Waals surface area contributed by atoms with Crippen LogP contribution >= 0.6 is 23.2 Å². The summed E-state index contributed by atoms with van der Waals surface area (Å²) in [5.74, 6) is 0.850. The maximum Gasteiger partial charge on any atom is 0.143 e. The van der Waals surface area contributed by atoms with Gasteiger partial charge in [-0.3, -0.25) is 4.99 Å². The van der Waals surface area contributed by atoms with Crippen LogP contribution in [0.25, 0.3) is 0 Å². The second kappa shape index (κ2) is 7.96. The Bertz CT molecular complexity index is 881. The number of ether oxygens (including phenoxy) is 1. The first-order valence-electron chi connectivity index (χ1n) is 7.40. The molecule has 0 saturated carbocycles. The lowest BCUT2D eigenvalue weighted by Gasteiger charge is -2.08. The monoisotopic (exact) mass is 372 g/mol. The van der Waals surface area contributed by atoms with E-state index in [0.29, 0.717) is 28.6 Å². The van der Waals surface area contributed by atoms with Crippen LogP contribution in [0.1, 0.15) is 11.1 Å². The molecule has 3 rings (SSSR count). The van der Waals surface area contributed by atoms with Crippen LogP contribution in [-0.2, 0) is 6.61 Å². The minimum atomic E-state index is 0.241. The Morgan fingerprint density at radius 2 is 1.88 bits per heavy atom. The van der Waals surface area contributed by atoms with E-state index in [2.05, 4.69) is 15.0 Å². The Labute approximate surface area is 155 Å². The lowest BCUT2D eigenvalue weighted by Crippen LogP contribution is -1.99. The molecular weight excluding hydrogens is 359 g/mol. The number of halogens is 2. The molecule has 126 valence electrons. The molecule has 0 amide bonds. The van der Waals surface area contributed by atoms with Gasteiger partial charge < -0.3 is 10.5 Å². The van der Waals surface area contributed by atoms with Crippen LogP contribution in [0, 0.1) is 0 Å². The van der Waals surface area contributed by atoms with E-state index < -0.39 is 0 Å². The number of aliphatic imine (C=N–C) groups is 1. The first-order chi connectivity index (χ1) is 12.1. The maximum atomic E-state index is 6.27. The average Bonchev–Trinajstić information content (AvgIpc) is 2.61. The molecule has 0 aliphatic carbocycles. The fraction of sp³-hybridized carbons (Fsp3) is 0.0556. The minimum absolute atomic E-state index is 0.241. The van der Waals surface area contributed by atoms with Gasteiger partial charge in [0.1, 0.15) is 29.7 Å². The van der Waals surface area contributed by atoms with Gasteiger partial charge >= 0.3 is 0 Å². The molecule has 0 saturated heterocycles. The number of aromatic nitrogens is 2. The van der Waals surface area contributed by atoms with Gasteiger partial charge in [-0.25, -0.2) is 9.97 Å². The third-order valence-corrected chi connectivity index (χ3v) is 3.96. The Morgan fingerprint density at radius 3 is 2.60 bits per heavy atom. The SMILES string of the molecule is Nc1ncnc(Cl)c1/C=N/c1ccc(OCc2ccccc2)c(Cl)c1. The highest BCUT2D eigenvalue weighted by atomic mass is 35.5. The zero-order valence-corrected chi connectivity index (χ0v) is 14.6. The molecule has 0 bridgehead atoms. The largest absolute Gasteiger partial charge is 0.487 e. The van der Waals surface area contributed by atoms with Gasteiger partial charge in [-0.1, -0.05) is 53.5 Å². The van der Waals surface area contributed by atoms with E-state index in [1.54, 1.807) is 18.2 Å². The van der Waals surface area contributed by atoms with Crippen molar-refractivity contribution in [3.63, 3.8) is 0 Å². The van der Waals surface area contributed by atoms with Gasteiger partial charge in [0, 0.05) is 6.21 Å². The summed E-state index contributed by atoms with van der Waals surface area (Å²) in [4.78, 5) is 12.1. The van der Waals surface area contributed by atoms with E-state index in [1.807, 2.05) is 30.3 Å². The molecule has 3 aromatic rings. The number of anilines is 1. The zero-order valence-electron chi connectivity index (χ0n) is 13.1. The van der Waals surface area contributed by atoms with E-state index in [9.17, 15) is 0 Å². The van der Waals surface area contributed by atoms with Crippen molar-refractivity contribution in [3.05, 3.63) is 76.2 Å². The van der Waals surface area contributed by atoms with E-state index >= 15 is 0 Å². The third-order valence-electron chi connectivity index (χ3n) is 3.36. The van der Waals surface area contributed by atoms with Crippen LogP contribution in [0.2, 0.25) is 10.2 Å². The summed E-state index contributed by atoms with van der Waals surface area (Å²) in [6, 6.07) is 15.1. The second-order valence-corrected chi connectivity index (χ2v) is 5.88. The normalized spacial score (nSPS) is 11.0. The summed E-state index contributed by atoms with van der Waals surface area (Å²) in [6.45, 7) is 0.441. The average molecular weight is 373 g/mol. The molecule has 7 heteroatoms. The number of benzene rings is 2. The van der Waals surface area contributed by atoms with Crippen LogP contribution in [0.3, 0.4) is 0 Å². The molecule has 0 aliphatic heterocycles. The number of hydrogen-bond donors (Lipinski definition) is 1. The van der Waals surface area contributed by atoms with Crippen molar-refractivity contribution in [2.75, 3.05) is 5.73 Å². The summed E-state index contributed by atoms with van der Waals surface area (Å²) in [7, 11) is 0. The highest BCUT2D eigenvalue weighted by Crippen LogP contribution is 2.30. The molecule has 5 nitrogen and oxygen atoms in total. The quantitative estimate of drug-likeness (QED) is 0.520. The lowest BCUT2D eigenvalue weighted by molar-refractivity contribution is 0.306. The molecule has 0 fully saturated rings. The fourth-order valence-electron chi connectivity index (χ4n) is 2.07. The first kappa shape index (κ1) is 17.2. The standard InChI is InChI=1S/C18H14Cl2N4O/c19-15-8-13(22-9-14-17(20)23-11-24-18(14)21)6-7-16(15)25-10-12-4-2-1-3-5-12/h1-9,11H,10H2,(H2,21,23,24)/b22-9+. The molecule has 0 spiro atoms. The van der Waals surface area contributed by atoms with Gasteiger partial charge in [-0.15, -0.1) is 0 Å². The fourth-order valence-corrected chi connectivity index (χ4v) is 2.49. The van der Waals surface area contributed by atoms with Crippen molar-refractivity contribution < 1.29 is 4.74 Å². The van der Waals surface area contributed by atoms with Gasteiger partial charge in [0.2, 0.25) is 0 Å². The molecule has 0 atom stereocenters.